The predicted molar refractivity (Wildman–Crippen MR) is 562 cm³/mol. The Balaban J connectivity index is 0.000000132. The molecule has 44 heteroatoms. The van der Waals surface area contributed by atoms with Crippen molar-refractivity contribution < 1.29 is 37.4 Å². The van der Waals surface area contributed by atoms with E-state index in [9.17, 15) is 61.1 Å². The quantitative estimate of drug-likeness (QED) is 0.0217. The number of nitrogens with zero attached hydrogens (tertiary/aromatic N) is 19. The molecule has 0 atom stereocenters. The van der Waals surface area contributed by atoms with Crippen molar-refractivity contribution >= 4 is 120 Å². The molecule has 11 aliphatic rings. The molecule has 11 N–H and O–H groups in total. The lowest BCUT2D eigenvalue weighted by molar-refractivity contribution is -0.192. The minimum absolute atomic E-state index is 0.00604. The number of hydrogen-bond acceptors (Lipinski definition) is 29. The molecule has 0 spiro atoms. The number of carbonyl (C=O) groups is 3. The van der Waals surface area contributed by atoms with E-state index >= 15 is 0 Å². The monoisotopic (exact) mass is 2030 g/mol. The smallest absolute Gasteiger partial charge is 0.475 e. The van der Waals surface area contributed by atoms with Crippen LogP contribution >= 0.6 is 0 Å². The van der Waals surface area contributed by atoms with Crippen molar-refractivity contribution in [3.8, 4) is 52.1 Å². The molecule has 0 aliphatic carbocycles. The average Bonchev–Trinajstić information content (AvgIpc) is 1.75. The number of aryl methyl sites for hydroxylation is 8. The Morgan fingerprint density at radius 1 is 0.453 bits per heavy atom. The van der Waals surface area contributed by atoms with Crippen molar-refractivity contribution in [1.82, 2.24) is 114 Å². The van der Waals surface area contributed by atoms with Crippen LogP contribution in [0.25, 0.3) is 112 Å². The zero-order valence-corrected chi connectivity index (χ0v) is 83.2. The molecule has 764 valence electrons. The first-order valence-electron chi connectivity index (χ1n) is 47.4. The lowest BCUT2D eigenvalue weighted by Crippen LogP contribution is -2.38. The normalized spacial score (nSPS) is 12.1. The molecule has 0 saturated heterocycles. The molecule has 9 aromatic carbocycles. The van der Waals surface area contributed by atoms with Crippen LogP contribution in [0.5, 0.6) is 0 Å². The van der Waals surface area contributed by atoms with Gasteiger partial charge in [0, 0.05) is 103 Å². The van der Waals surface area contributed by atoms with Crippen molar-refractivity contribution in [3.63, 3.8) is 0 Å². The molecular formula is C106H101F3N28O13. The van der Waals surface area contributed by atoms with Gasteiger partial charge in [-0.15, -0.1) is 0 Å². The Morgan fingerprint density at radius 2 is 0.793 bits per heavy atom. The van der Waals surface area contributed by atoms with Crippen LogP contribution < -0.4 is 61.4 Å². The zero-order chi connectivity index (χ0) is 107. The molecule has 41 nitrogen and oxygen atoms in total. The van der Waals surface area contributed by atoms with Gasteiger partial charge in [0.2, 0.25) is 0 Å². The average molecular weight is 2030 g/mol. The molecule has 0 saturated carbocycles. The van der Waals surface area contributed by atoms with Gasteiger partial charge in [-0.1, -0.05) is 42.5 Å². The van der Waals surface area contributed by atoms with E-state index in [0.29, 0.717) is 109 Å². The summed E-state index contributed by atoms with van der Waals surface area (Å²) in [7, 11) is 0. The summed E-state index contributed by atoms with van der Waals surface area (Å²) in [6.07, 6.45) is 6.78. The standard InChI is InChI=1S/C28H30N6O4.2C23H22N6O2.C14H12N4O3.C8H9N3.C8H5N3.C2HF3O2/c1-16-12-21-22(13-17(16)2)34(24-23(30-21)25(35)32-26(36)31-24)11-10-33(27(37)38-28(3,4)5)15-18-6-7-19-8-9-29-20(19)14-18;2*1-13-9-18-19(10-14(13)2)29(21-20(26-18)22(30)28-23(31)27-21)8-7-24-12-15-3-4-16-5-6-25-17(16)11-15;1-7-5-9-10(6-8(7)2)18(3-4-19)12-11(15-9)13(20)17-14(21)16-12;2*9-4-6-1-2-7-8(3-6)11-5-10-7;3-2(4,5)1(6)7/h6-7,9,12-14H,8,10-11,15H2,1-5H3,(H,32,35,36);2*3-4,6,9-11,24H,5,7-8,12H2,1-2H3,(H,28,30,31);4-6H,3H2,1-2H3,(H,17,20,21);1-3,5H,4,9H2,(H,10,11);1-3,5H,(H,10,11);(H,6,7). The lowest BCUT2D eigenvalue weighted by Gasteiger charge is -2.28. The number of imidazole rings is 2. The van der Waals surface area contributed by atoms with E-state index in [-0.39, 0.29) is 54.1 Å². The number of aromatic amines is 6. The van der Waals surface area contributed by atoms with Crippen molar-refractivity contribution in [1.29, 1.82) is 5.26 Å². The second-order valence-corrected chi connectivity index (χ2v) is 36.8. The topological polar surface area (TPSA) is 575 Å². The maximum absolute atomic E-state index is 13.3. The van der Waals surface area contributed by atoms with Crippen molar-refractivity contribution in [2.24, 2.45) is 20.7 Å². The molecule has 0 fully saturated rings. The summed E-state index contributed by atoms with van der Waals surface area (Å²) in [5.74, 6) is -1.86. The molecule has 0 radical (unpaired) electrons. The number of carboxylic acids is 1. The number of nitrogens with one attached hydrogen (secondary N) is 8. The van der Waals surface area contributed by atoms with Gasteiger partial charge < -0.3 is 64.1 Å². The van der Waals surface area contributed by atoms with Gasteiger partial charge in [0.05, 0.1) is 114 Å². The lowest BCUT2D eigenvalue weighted by atomic mass is 10.1. The molecule has 150 heavy (non-hydrogen) atoms. The number of nitriles is 1. The zero-order valence-electron chi connectivity index (χ0n) is 83.2. The van der Waals surface area contributed by atoms with E-state index < -0.39 is 68.8 Å². The second kappa shape index (κ2) is 44.7. The molecule has 13 heterocycles. The van der Waals surface area contributed by atoms with Crippen LogP contribution in [-0.4, -0.2) is 176 Å². The van der Waals surface area contributed by atoms with Gasteiger partial charge in [0.15, 0.2) is 46.1 Å². The number of carbonyl (C=O) groups excluding carboxylic acids is 2. The second-order valence-electron chi connectivity index (χ2n) is 36.8. The third kappa shape index (κ3) is 24.2. The van der Waals surface area contributed by atoms with Crippen LogP contribution in [0.4, 0.5) is 35.0 Å². The number of rotatable bonds is 18. The summed E-state index contributed by atoms with van der Waals surface area (Å²) < 4.78 is 44.6. The molecule has 11 aromatic rings. The summed E-state index contributed by atoms with van der Waals surface area (Å²) in [4.78, 5) is 201. The fourth-order valence-electron chi connectivity index (χ4n) is 16.9. The Kier molecular flexibility index (Phi) is 31.1. The molecule has 22 rings (SSSR count). The molecule has 0 unspecified atom stereocenters. The molecule has 2 aromatic heterocycles. The van der Waals surface area contributed by atoms with Gasteiger partial charge in [0.1, 0.15) is 11.9 Å². The third-order valence-electron chi connectivity index (χ3n) is 25.0. The Morgan fingerprint density at radius 3 is 1.16 bits per heavy atom. The fraction of sp³-hybridized carbons (Fsp3) is 0.255. The maximum Gasteiger partial charge on any atom is 0.490 e. The van der Waals surface area contributed by atoms with Crippen LogP contribution in [0, 0.1) is 66.7 Å². The van der Waals surface area contributed by atoms with Crippen LogP contribution in [-0.2, 0) is 85.9 Å². The van der Waals surface area contributed by atoms with Gasteiger partial charge in [0.25, 0.3) is 22.2 Å². The number of ether oxygens (including phenoxy) is 1. The summed E-state index contributed by atoms with van der Waals surface area (Å²) in [6, 6.07) is 47.6. The number of aliphatic imine (C=N–C) groups is 3. The van der Waals surface area contributed by atoms with E-state index in [1.165, 1.54) is 15.7 Å². The molecular weight excluding hydrogens is 1930 g/mol. The van der Waals surface area contributed by atoms with Gasteiger partial charge >= 0.3 is 41.0 Å². The SMILES string of the molecule is Cc1cc2nc3c(=O)[nH]c(=O)nc-3n(CC=O)c2cc1C.Cc1cc2nc3c(=O)[nH]c(=O)nc-3n(CCN(Cc3ccc4c(c3)N=CC4)C(=O)OC(C)(C)C)c2cc1C.Cc1cc2nc3c(=O)[nH]c(=O)nc-3n(CCNCc3ccc4c(c3)N=CC4)c2cc1C.Cc1cc2nc3c(=O)[nH]c(=O)nc-3n(CCNCc3ccc4c(c3)N=CC4)c2cc1C.N#Cc1ccc2nc[nH]c2c1.NCc1ccc2nc[nH]c2c1.O=C(O)C(F)(F)F. The first-order valence-corrected chi connectivity index (χ1v) is 47.4. The number of hydrogen-bond donors (Lipinski definition) is 10. The molecule has 0 bridgehead atoms. The Labute approximate surface area is 848 Å². The number of nitrogens with two attached hydrogens (primary N) is 1. The highest BCUT2D eigenvalue weighted by atomic mass is 19.4. The van der Waals surface area contributed by atoms with Gasteiger partial charge in [-0.2, -0.15) is 38.4 Å². The summed E-state index contributed by atoms with van der Waals surface area (Å²) in [5, 5.41) is 22.6. The third-order valence-corrected chi connectivity index (χ3v) is 25.0. The Hall–Kier alpha value is -18.4. The van der Waals surface area contributed by atoms with Crippen LogP contribution in [0.2, 0.25) is 0 Å². The van der Waals surface area contributed by atoms with E-state index in [0.717, 1.165) is 142 Å². The highest BCUT2D eigenvalue weighted by Crippen LogP contribution is 2.33. The predicted octanol–water partition coefficient (Wildman–Crippen LogP) is 11.9. The van der Waals surface area contributed by atoms with Crippen molar-refractivity contribution in [2.75, 3.05) is 19.6 Å². The van der Waals surface area contributed by atoms with Crippen LogP contribution in [0.3, 0.4) is 0 Å². The van der Waals surface area contributed by atoms with E-state index in [4.69, 9.17) is 25.6 Å². The van der Waals surface area contributed by atoms with Gasteiger partial charge in [-0.25, -0.2) is 58.7 Å². The highest BCUT2D eigenvalue weighted by molar-refractivity contribution is 5.87. The first kappa shape index (κ1) is 104. The number of benzene rings is 9. The minimum atomic E-state index is -5.08. The van der Waals surface area contributed by atoms with E-state index in [2.05, 4.69) is 148 Å². The maximum atomic E-state index is 13.3. The number of fused-ring (bicyclic) bond motifs is 13. The number of aliphatic carboxylic acids is 1. The minimum Gasteiger partial charge on any atom is -0.475 e. The summed E-state index contributed by atoms with van der Waals surface area (Å²) in [5.41, 5.74) is 29.9. The highest BCUT2D eigenvalue weighted by Gasteiger charge is 2.38. The van der Waals surface area contributed by atoms with E-state index in [1.807, 2.05) is 195 Å². The van der Waals surface area contributed by atoms with Crippen LogP contribution in [0.1, 0.15) is 110 Å². The number of H-pyrrole nitrogens is 6. The largest absolute Gasteiger partial charge is 0.490 e. The summed E-state index contributed by atoms with van der Waals surface area (Å²) >= 11 is 0. The summed E-state index contributed by atoms with van der Waals surface area (Å²) in [6.45, 7) is 26.5. The van der Waals surface area contributed by atoms with Crippen molar-refractivity contribution in [2.45, 2.75) is 160 Å². The number of amides is 1. The van der Waals surface area contributed by atoms with Crippen molar-refractivity contribution in [3.05, 3.63) is 325 Å². The van der Waals surface area contributed by atoms with Gasteiger partial charge in [-0.3, -0.25) is 54.1 Å². The van der Waals surface area contributed by atoms with Crippen LogP contribution in [0.15, 0.2) is 206 Å². The van der Waals surface area contributed by atoms with Gasteiger partial charge in [-0.05, 0) is 257 Å². The molecule has 1 amide bonds. The number of halogens is 3. The first-order chi connectivity index (χ1) is 71.7. The fourth-order valence-corrected chi connectivity index (χ4v) is 16.9. The van der Waals surface area contributed by atoms with E-state index in [1.54, 1.807) is 34.3 Å². The Bertz CT molecular complexity index is 8800. The number of carboxylic acid groups (broad SMARTS) is 1. The molecule has 11 aliphatic heterocycles. The number of aromatic nitrogens is 20. The number of aldehydes is 1. The number of alkyl halides is 3.